The van der Waals surface area contributed by atoms with Crippen LogP contribution in [0.5, 0.6) is 0 Å². The second-order valence-electron chi connectivity index (χ2n) is 13.1. The molecule has 1 aliphatic heterocycles. The zero-order valence-electron chi connectivity index (χ0n) is 26.8. The quantitative estimate of drug-likeness (QED) is 0.259. The van der Waals surface area contributed by atoms with Crippen LogP contribution in [0.4, 0.5) is 10.5 Å². The number of amides is 4. The van der Waals surface area contributed by atoms with Crippen molar-refractivity contribution in [1.29, 1.82) is 0 Å². The normalized spacial score (nSPS) is 18.2. The summed E-state index contributed by atoms with van der Waals surface area (Å²) in [6.07, 6.45) is 6.30. The lowest BCUT2D eigenvalue weighted by atomic mass is 9.84. The third-order valence-corrected chi connectivity index (χ3v) is 8.37. The van der Waals surface area contributed by atoms with Gasteiger partial charge in [-0.05, 0) is 63.6 Å². The Kier molecular flexibility index (Phi) is 11.7. The minimum absolute atomic E-state index is 0.0551. The molecule has 0 unspecified atom stereocenters. The van der Waals surface area contributed by atoms with Crippen molar-refractivity contribution in [3.05, 3.63) is 64.6 Å². The number of carbonyl (C=O) groups excluding carboxylic acids is 5. The smallest absolute Gasteiger partial charge is 0.412 e. The minimum Gasteiger partial charge on any atom is -0.444 e. The lowest BCUT2D eigenvalue weighted by Gasteiger charge is -2.29. The molecule has 1 saturated heterocycles. The molecule has 12 heteroatoms. The largest absolute Gasteiger partial charge is 0.444 e. The van der Waals surface area contributed by atoms with Crippen LogP contribution in [-0.2, 0) is 30.5 Å². The maximum absolute atomic E-state index is 14.1. The average Bonchev–Trinajstić information content (AvgIpc) is 3.43. The Balaban J connectivity index is 1.59. The van der Waals surface area contributed by atoms with Crippen molar-refractivity contribution in [2.45, 2.75) is 96.4 Å². The van der Waals surface area contributed by atoms with Gasteiger partial charge in [-0.25, -0.2) is 4.79 Å². The number of pyridine rings is 1. The van der Waals surface area contributed by atoms with Crippen molar-refractivity contribution in [1.82, 2.24) is 20.5 Å². The minimum atomic E-state index is -1.29. The van der Waals surface area contributed by atoms with E-state index in [1.807, 2.05) is 30.3 Å². The van der Waals surface area contributed by atoms with Crippen molar-refractivity contribution >= 4 is 35.3 Å². The molecule has 4 N–H and O–H groups in total. The lowest BCUT2D eigenvalue weighted by molar-refractivity contribution is -0.141. The van der Waals surface area contributed by atoms with Crippen LogP contribution in [0.1, 0.15) is 83.7 Å². The lowest BCUT2D eigenvalue weighted by Crippen LogP contribution is -2.51. The summed E-state index contributed by atoms with van der Waals surface area (Å²) in [4.78, 5) is 79.2. The van der Waals surface area contributed by atoms with E-state index in [0.717, 1.165) is 37.7 Å². The zero-order valence-corrected chi connectivity index (χ0v) is 26.8. The number of hydrogen-bond acceptors (Lipinski definition) is 7. The first-order chi connectivity index (χ1) is 21.9. The number of ketones is 1. The summed E-state index contributed by atoms with van der Waals surface area (Å²) in [6, 6.07) is 9.76. The van der Waals surface area contributed by atoms with Crippen LogP contribution in [0.3, 0.4) is 0 Å². The number of nitrogens with one attached hydrogen (secondary N) is 4. The number of ether oxygens (including phenoxy) is 1. The fraction of sp³-hybridized carbons (Fsp3) is 0.529. The summed E-state index contributed by atoms with van der Waals surface area (Å²) in [5.41, 5.74) is -0.658. The molecule has 12 nitrogen and oxygen atoms in total. The Hall–Kier alpha value is -4.48. The Morgan fingerprint density at radius 2 is 1.67 bits per heavy atom. The number of hydrogen-bond donors (Lipinski definition) is 4. The van der Waals surface area contributed by atoms with Gasteiger partial charge in [0.25, 0.3) is 11.5 Å². The highest BCUT2D eigenvalue weighted by molar-refractivity contribution is 6.38. The molecule has 4 rings (SSSR count). The predicted octanol–water partition coefficient (Wildman–Crippen LogP) is 3.60. The van der Waals surface area contributed by atoms with Crippen LogP contribution in [-0.4, -0.2) is 52.4 Å². The van der Waals surface area contributed by atoms with Gasteiger partial charge >= 0.3 is 6.09 Å². The molecule has 2 heterocycles. The first-order valence-electron chi connectivity index (χ1n) is 16.1. The molecular weight excluding hydrogens is 590 g/mol. The molecule has 46 heavy (non-hydrogen) atoms. The van der Waals surface area contributed by atoms with E-state index in [1.54, 1.807) is 26.8 Å². The molecule has 1 aliphatic carbocycles. The van der Waals surface area contributed by atoms with Gasteiger partial charge in [0, 0.05) is 25.2 Å². The zero-order chi connectivity index (χ0) is 33.3. The molecule has 0 radical (unpaired) electrons. The predicted molar refractivity (Wildman–Crippen MR) is 172 cm³/mol. The number of Topliss-reactive ketones (excluding diaryl/α,β-unsaturated/α-hetero) is 1. The molecule has 3 atom stereocenters. The van der Waals surface area contributed by atoms with Gasteiger partial charge in [-0.1, -0.05) is 62.4 Å². The second kappa shape index (κ2) is 15.7. The molecule has 2 aliphatic rings. The van der Waals surface area contributed by atoms with Crippen LogP contribution >= 0.6 is 0 Å². The number of carbonyl (C=O) groups is 5. The highest BCUT2D eigenvalue weighted by atomic mass is 16.6. The van der Waals surface area contributed by atoms with Gasteiger partial charge in [-0.3, -0.25) is 29.3 Å². The standard InChI is InChI=1S/C34H45N5O7/c1-34(2,3)46-33(45)38-25-15-10-18-39(32(25)44)27(19-22-11-6-4-7-12-22)30(42)37-26(20-24-16-17-35-29(24)41)28(40)31(43)36-21-23-13-8-5-9-14-23/h5,8-10,13-15,18,22,24,26-27H,4,6-7,11-12,16-17,19-21H2,1-3H3,(H,35,41)(H,36,43)(H,37,42)(H,38,45)/t24-,26-,27-/m0/s1. The fourth-order valence-corrected chi connectivity index (χ4v) is 6.03. The Morgan fingerprint density at radius 1 is 0.957 bits per heavy atom. The Bertz CT molecular complexity index is 1460. The highest BCUT2D eigenvalue weighted by Crippen LogP contribution is 2.31. The average molecular weight is 636 g/mol. The molecule has 248 valence electrons. The van der Waals surface area contributed by atoms with E-state index in [2.05, 4.69) is 21.3 Å². The molecule has 0 bridgehead atoms. The van der Waals surface area contributed by atoms with E-state index in [9.17, 15) is 28.8 Å². The summed E-state index contributed by atoms with van der Waals surface area (Å²) < 4.78 is 6.56. The van der Waals surface area contributed by atoms with Crippen molar-refractivity contribution in [2.24, 2.45) is 11.8 Å². The molecule has 1 aromatic heterocycles. The summed E-state index contributed by atoms with van der Waals surface area (Å²) in [7, 11) is 0. The molecular formula is C34H45N5O7. The summed E-state index contributed by atoms with van der Waals surface area (Å²) >= 11 is 0. The maximum atomic E-state index is 14.1. The van der Waals surface area contributed by atoms with Crippen LogP contribution in [0.2, 0.25) is 0 Å². The van der Waals surface area contributed by atoms with Crippen LogP contribution in [0.25, 0.3) is 0 Å². The Labute approximate surface area is 269 Å². The van der Waals surface area contributed by atoms with Gasteiger partial charge in [0.15, 0.2) is 0 Å². The molecule has 2 fully saturated rings. The number of rotatable bonds is 12. The monoisotopic (exact) mass is 635 g/mol. The number of aromatic nitrogens is 1. The van der Waals surface area contributed by atoms with E-state index < -0.39 is 52.9 Å². The van der Waals surface area contributed by atoms with Crippen LogP contribution in [0.15, 0.2) is 53.5 Å². The third-order valence-electron chi connectivity index (χ3n) is 8.37. The first-order valence-corrected chi connectivity index (χ1v) is 16.1. The van der Waals surface area contributed by atoms with Gasteiger partial charge < -0.3 is 25.3 Å². The van der Waals surface area contributed by atoms with Gasteiger partial charge in [-0.15, -0.1) is 0 Å². The highest BCUT2D eigenvalue weighted by Gasteiger charge is 2.36. The Morgan fingerprint density at radius 3 is 2.33 bits per heavy atom. The van der Waals surface area contributed by atoms with E-state index in [0.29, 0.717) is 19.4 Å². The second-order valence-corrected chi connectivity index (χ2v) is 13.1. The van der Waals surface area contributed by atoms with Gasteiger partial charge in [0.05, 0.1) is 6.04 Å². The summed E-state index contributed by atoms with van der Waals surface area (Å²) in [5.74, 6) is -3.01. The third kappa shape index (κ3) is 9.76. The molecule has 0 spiro atoms. The van der Waals surface area contributed by atoms with Crippen LogP contribution in [0, 0.1) is 11.8 Å². The summed E-state index contributed by atoms with van der Waals surface area (Å²) in [6.45, 7) is 5.67. The molecule has 1 aromatic carbocycles. The van der Waals surface area contributed by atoms with Crippen molar-refractivity contribution in [2.75, 3.05) is 11.9 Å². The number of nitrogens with zero attached hydrogens (tertiary/aromatic N) is 1. The molecule has 4 amide bonds. The van der Waals surface area contributed by atoms with Gasteiger partial charge in [0.1, 0.15) is 17.3 Å². The van der Waals surface area contributed by atoms with E-state index in [-0.39, 0.29) is 30.5 Å². The van der Waals surface area contributed by atoms with E-state index in [1.165, 1.54) is 16.8 Å². The maximum Gasteiger partial charge on any atom is 0.412 e. The van der Waals surface area contributed by atoms with Crippen molar-refractivity contribution < 1.29 is 28.7 Å². The van der Waals surface area contributed by atoms with E-state index >= 15 is 0 Å². The van der Waals surface area contributed by atoms with Gasteiger partial charge in [0.2, 0.25) is 17.6 Å². The van der Waals surface area contributed by atoms with Gasteiger partial charge in [-0.2, -0.15) is 0 Å². The fourth-order valence-electron chi connectivity index (χ4n) is 6.03. The summed E-state index contributed by atoms with van der Waals surface area (Å²) in [5, 5.41) is 10.6. The topological polar surface area (TPSA) is 165 Å². The molecule has 2 aromatic rings. The van der Waals surface area contributed by atoms with Crippen molar-refractivity contribution in [3.8, 4) is 0 Å². The van der Waals surface area contributed by atoms with Crippen LogP contribution < -0.4 is 26.8 Å². The first kappa shape index (κ1) is 34.4. The molecule has 1 saturated carbocycles. The van der Waals surface area contributed by atoms with Crippen molar-refractivity contribution in [3.63, 3.8) is 0 Å². The van der Waals surface area contributed by atoms with E-state index in [4.69, 9.17) is 4.74 Å². The number of anilines is 1. The number of benzene rings is 1. The SMILES string of the molecule is CC(C)(C)OC(=O)Nc1cccn([C@@H](CC2CCCCC2)C(=O)N[C@@H](C[C@@H]2CCNC2=O)C(=O)C(=O)NCc2ccccc2)c1=O.